The van der Waals surface area contributed by atoms with Crippen molar-refractivity contribution >= 4 is 23.4 Å². The lowest BCUT2D eigenvalue weighted by molar-refractivity contribution is 0.403. The van der Waals surface area contributed by atoms with Crippen molar-refractivity contribution < 1.29 is 48.8 Å². The Bertz CT molecular complexity index is 1410. The first-order chi connectivity index (χ1) is 16.1. The van der Waals surface area contributed by atoms with Gasteiger partial charge in [0.05, 0.1) is 10.8 Å². The Morgan fingerprint density at radius 2 is 1.09 bits per heavy atom. The average Bonchev–Trinajstić information content (AvgIpc) is 2.81. The van der Waals surface area contributed by atoms with Gasteiger partial charge in [-0.1, -0.05) is 18.2 Å². The molecule has 0 fully saturated rings. The molecule has 0 unspecified atom stereocenters. The molecule has 0 aromatic heterocycles. The molecule has 4 aromatic carbocycles. The van der Waals surface area contributed by atoms with Crippen LogP contribution < -0.4 is 14.8 Å². The number of fused-ring (bicyclic) bond motifs is 1. The summed E-state index contributed by atoms with van der Waals surface area (Å²) in [6.45, 7) is 0. The third kappa shape index (κ3) is 3.89. The summed E-state index contributed by atoms with van der Waals surface area (Å²) < 4.78 is 138. The molecule has 0 N–H and O–H groups in total. The van der Waals surface area contributed by atoms with E-state index in [1.165, 1.54) is 30.3 Å². The van der Waals surface area contributed by atoms with Gasteiger partial charge in [0.15, 0.2) is 46.5 Å². The standard InChI is InChI=1S/C22H8BF9O2/c24-9-6-7-12(11(25)8-9)34-23(33-10-4-2-1-3-5-10)15-13-14(17(27)20(30)19(15)29)18(28)22(32)21(31)16(13)26/h1-8H. The molecule has 2 nitrogen and oxygen atoms in total. The topological polar surface area (TPSA) is 18.5 Å². The van der Waals surface area contributed by atoms with Crippen molar-refractivity contribution in [3.63, 3.8) is 0 Å². The van der Waals surface area contributed by atoms with E-state index in [-0.39, 0.29) is 5.75 Å². The third-order valence-electron chi connectivity index (χ3n) is 4.73. The van der Waals surface area contributed by atoms with Gasteiger partial charge in [0.2, 0.25) is 0 Å². The van der Waals surface area contributed by atoms with Crippen molar-refractivity contribution in [2.24, 2.45) is 0 Å². The molecule has 0 aliphatic carbocycles. The van der Waals surface area contributed by atoms with Crippen molar-refractivity contribution in [1.29, 1.82) is 0 Å². The highest BCUT2D eigenvalue weighted by molar-refractivity contribution is 6.66. The molecule has 0 saturated carbocycles. The molecule has 0 bridgehead atoms. The van der Waals surface area contributed by atoms with E-state index in [0.717, 1.165) is 0 Å². The lowest BCUT2D eigenvalue weighted by atomic mass is 9.74. The van der Waals surface area contributed by atoms with Crippen LogP contribution in [0, 0.1) is 52.4 Å². The van der Waals surface area contributed by atoms with Gasteiger partial charge in [-0.15, -0.1) is 0 Å². The Hall–Kier alpha value is -3.83. The Kier molecular flexibility index (Phi) is 6.07. The van der Waals surface area contributed by atoms with E-state index in [4.69, 9.17) is 9.31 Å². The molecule has 0 saturated heterocycles. The van der Waals surface area contributed by atoms with E-state index < -0.39 is 81.5 Å². The first-order valence-corrected chi connectivity index (χ1v) is 9.27. The molecular weight excluding hydrogens is 478 g/mol. The molecule has 0 aliphatic rings. The fourth-order valence-electron chi connectivity index (χ4n) is 3.20. The van der Waals surface area contributed by atoms with Crippen LogP contribution in [0.25, 0.3) is 10.8 Å². The predicted octanol–water partition coefficient (Wildman–Crippen LogP) is 5.94. The van der Waals surface area contributed by atoms with Gasteiger partial charge >= 0.3 is 7.12 Å². The van der Waals surface area contributed by atoms with E-state index in [0.29, 0.717) is 18.2 Å². The molecule has 0 atom stereocenters. The lowest BCUT2D eigenvalue weighted by Gasteiger charge is -2.20. The van der Waals surface area contributed by atoms with Gasteiger partial charge in [0.25, 0.3) is 0 Å². The molecule has 12 heteroatoms. The Morgan fingerprint density at radius 3 is 1.68 bits per heavy atom. The second-order valence-corrected chi connectivity index (χ2v) is 6.82. The van der Waals surface area contributed by atoms with Crippen LogP contribution in [0.1, 0.15) is 0 Å². The maximum Gasteiger partial charge on any atom is 0.636 e. The minimum atomic E-state index is -2.48. The van der Waals surface area contributed by atoms with E-state index in [2.05, 4.69) is 0 Å². The highest BCUT2D eigenvalue weighted by Gasteiger charge is 2.40. The minimum Gasteiger partial charge on any atom is -0.522 e. The molecule has 4 rings (SSSR count). The highest BCUT2D eigenvalue weighted by Crippen LogP contribution is 2.31. The van der Waals surface area contributed by atoms with Gasteiger partial charge in [-0.2, -0.15) is 0 Å². The summed E-state index contributed by atoms with van der Waals surface area (Å²) in [5, 5.41) is -3.36. The van der Waals surface area contributed by atoms with Gasteiger partial charge in [0, 0.05) is 11.5 Å². The van der Waals surface area contributed by atoms with E-state index in [1.807, 2.05) is 0 Å². The summed E-state index contributed by atoms with van der Waals surface area (Å²) in [6, 6.07) is 8.59. The monoisotopic (exact) mass is 486 g/mol. The number of hydrogen-bond donors (Lipinski definition) is 0. The zero-order valence-corrected chi connectivity index (χ0v) is 16.4. The smallest absolute Gasteiger partial charge is 0.522 e. The molecule has 174 valence electrons. The quantitative estimate of drug-likeness (QED) is 0.151. The molecule has 0 spiro atoms. The maximum absolute atomic E-state index is 14.9. The van der Waals surface area contributed by atoms with Crippen molar-refractivity contribution in [2.45, 2.75) is 0 Å². The van der Waals surface area contributed by atoms with Crippen LogP contribution in [0.5, 0.6) is 11.5 Å². The summed E-state index contributed by atoms with van der Waals surface area (Å²) in [6.07, 6.45) is 0. The fraction of sp³-hybridized carbons (Fsp3) is 0. The maximum atomic E-state index is 14.9. The SMILES string of the molecule is Fc1ccc(OB(Oc2ccccc2)c2c(F)c(F)c(F)c3c(F)c(F)c(F)c(F)c23)c(F)c1. The van der Waals surface area contributed by atoms with Gasteiger partial charge < -0.3 is 9.31 Å². The van der Waals surface area contributed by atoms with Crippen molar-refractivity contribution in [1.82, 2.24) is 0 Å². The summed E-state index contributed by atoms with van der Waals surface area (Å²) in [4.78, 5) is 0. The number of hydrogen-bond acceptors (Lipinski definition) is 2. The zero-order chi connectivity index (χ0) is 24.7. The molecule has 0 amide bonds. The molecule has 0 heterocycles. The van der Waals surface area contributed by atoms with E-state index in [1.54, 1.807) is 0 Å². The van der Waals surface area contributed by atoms with Gasteiger partial charge in [-0.25, -0.2) is 39.5 Å². The van der Waals surface area contributed by atoms with Crippen LogP contribution in [0.3, 0.4) is 0 Å². The second-order valence-electron chi connectivity index (χ2n) is 6.82. The molecular formula is C22H8BF9O2. The predicted molar refractivity (Wildman–Crippen MR) is 103 cm³/mol. The van der Waals surface area contributed by atoms with Gasteiger partial charge in [-0.05, 0) is 24.3 Å². The van der Waals surface area contributed by atoms with Crippen LogP contribution in [-0.4, -0.2) is 7.12 Å². The van der Waals surface area contributed by atoms with E-state index in [9.17, 15) is 39.5 Å². The lowest BCUT2D eigenvalue weighted by Crippen LogP contribution is -2.46. The Balaban J connectivity index is 2.04. The van der Waals surface area contributed by atoms with E-state index >= 15 is 0 Å². The first-order valence-electron chi connectivity index (χ1n) is 9.27. The van der Waals surface area contributed by atoms with Crippen LogP contribution in [0.2, 0.25) is 0 Å². The minimum absolute atomic E-state index is 0.171. The van der Waals surface area contributed by atoms with Crippen LogP contribution in [-0.2, 0) is 0 Å². The largest absolute Gasteiger partial charge is 0.636 e. The molecule has 34 heavy (non-hydrogen) atoms. The average molecular weight is 486 g/mol. The molecule has 4 aromatic rings. The summed E-state index contributed by atoms with van der Waals surface area (Å²) in [7, 11) is -2.42. The molecule has 0 radical (unpaired) electrons. The fourth-order valence-corrected chi connectivity index (χ4v) is 3.20. The normalized spacial score (nSPS) is 11.1. The molecule has 0 aliphatic heterocycles. The van der Waals surface area contributed by atoms with Gasteiger partial charge in [-0.3, -0.25) is 0 Å². The summed E-state index contributed by atoms with van der Waals surface area (Å²) in [5.74, 6) is -19.9. The van der Waals surface area contributed by atoms with Crippen molar-refractivity contribution in [3.05, 3.63) is 101 Å². The third-order valence-corrected chi connectivity index (χ3v) is 4.73. The summed E-state index contributed by atoms with van der Waals surface area (Å²) in [5.41, 5.74) is -1.45. The number of para-hydroxylation sites is 1. The van der Waals surface area contributed by atoms with Crippen molar-refractivity contribution in [3.8, 4) is 11.5 Å². The van der Waals surface area contributed by atoms with Crippen molar-refractivity contribution in [2.75, 3.05) is 0 Å². The summed E-state index contributed by atoms with van der Waals surface area (Å²) >= 11 is 0. The highest BCUT2D eigenvalue weighted by atomic mass is 19.2. The number of rotatable bonds is 5. The number of benzene rings is 4. The van der Waals surface area contributed by atoms with Crippen LogP contribution in [0.4, 0.5) is 39.5 Å². The van der Waals surface area contributed by atoms with Gasteiger partial charge in [0.1, 0.15) is 17.3 Å². The van der Waals surface area contributed by atoms with Crippen LogP contribution >= 0.6 is 0 Å². The second kappa shape index (κ2) is 8.84. The Labute approximate surface area is 185 Å². The number of halogens is 9. The first kappa shape index (κ1) is 23.3. The Morgan fingerprint density at radius 1 is 0.529 bits per heavy atom. The van der Waals surface area contributed by atoms with Crippen LogP contribution in [0.15, 0.2) is 48.5 Å². The zero-order valence-electron chi connectivity index (χ0n) is 16.4.